The van der Waals surface area contributed by atoms with Crippen LogP contribution in [0.4, 0.5) is 0 Å². The molecule has 37 heavy (non-hydrogen) atoms. The van der Waals surface area contributed by atoms with Gasteiger partial charge in [-0.2, -0.15) is 0 Å². The quantitative estimate of drug-likeness (QED) is 0.337. The minimum atomic E-state index is -0.459. The summed E-state index contributed by atoms with van der Waals surface area (Å²) in [4.78, 5) is 33.1. The van der Waals surface area contributed by atoms with E-state index >= 15 is 0 Å². The van der Waals surface area contributed by atoms with Crippen molar-refractivity contribution in [1.82, 2.24) is 4.90 Å². The molecule has 8 nitrogen and oxygen atoms in total. The molecule has 2 fully saturated rings. The highest BCUT2D eigenvalue weighted by Crippen LogP contribution is 2.46. The number of phenolic OH excluding ortho intramolecular Hbond substituents is 1. The molecule has 1 aromatic carbocycles. The fraction of sp³-hybridized carbons (Fsp3) is 0.536. The zero-order valence-electron chi connectivity index (χ0n) is 21.5. The molecule has 2 heterocycles. The van der Waals surface area contributed by atoms with Gasteiger partial charge in [0.25, 0.3) is 5.91 Å². The smallest absolute Gasteiger partial charge is 0.338 e. The maximum absolute atomic E-state index is 13.2. The Kier molecular flexibility index (Phi) is 9.27. The molecule has 1 aliphatic carbocycles. The number of aromatic hydroxyl groups is 1. The molecule has 2 aliphatic heterocycles. The van der Waals surface area contributed by atoms with Crippen molar-refractivity contribution in [1.29, 1.82) is 0 Å². The maximum atomic E-state index is 13.2. The van der Waals surface area contributed by atoms with Crippen molar-refractivity contribution in [2.45, 2.75) is 70.5 Å². The molecule has 1 N–H and O–H groups in total. The number of esters is 1. The topological polar surface area (TPSA) is 97.7 Å². The van der Waals surface area contributed by atoms with Gasteiger partial charge in [0.2, 0.25) is 0 Å². The third-order valence-electron chi connectivity index (χ3n) is 6.59. The van der Waals surface area contributed by atoms with Crippen LogP contribution >= 0.6 is 11.6 Å². The molecule has 9 heteroatoms. The molecule has 200 valence electrons. The number of oxime groups is 1. The number of fused-ring (bicyclic) bond motifs is 1. The van der Waals surface area contributed by atoms with Crippen molar-refractivity contribution in [2.24, 2.45) is 5.16 Å². The van der Waals surface area contributed by atoms with Crippen LogP contribution in [-0.2, 0) is 25.5 Å². The lowest BCUT2D eigenvalue weighted by Gasteiger charge is -2.35. The van der Waals surface area contributed by atoms with E-state index in [2.05, 4.69) is 11.2 Å². The highest BCUT2D eigenvalue weighted by molar-refractivity contribution is 6.33. The molecule has 1 aromatic rings. The van der Waals surface area contributed by atoms with E-state index in [1.807, 2.05) is 32.1 Å². The van der Waals surface area contributed by atoms with Gasteiger partial charge in [0, 0.05) is 19.5 Å². The lowest BCUT2D eigenvalue weighted by molar-refractivity contribution is -0.147. The molecule has 1 amide bonds. The van der Waals surface area contributed by atoms with Gasteiger partial charge in [0.15, 0.2) is 6.61 Å². The summed E-state index contributed by atoms with van der Waals surface area (Å²) in [7, 11) is 0. The van der Waals surface area contributed by atoms with Crippen LogP contribution in [0.15, 0.2) is 35.5 Å². The number of morpholine rings is 1. The second-order valence-corrected chi connectivity index (χ2v) is 10.3. The molecule has 2 unspecified atom stereocenters. The molecular formula is C28H35ClN2O6. The van der Waals surface area contributed by atoms with Crippen LogP contribution in [0.5, 0.6) is 5.75 Å². The predicted molar refractivity (Wildman–Crippen MR) is 141 cm³/mol. The molecule has 0 bridgehead atoms. The fourth-order valence-corrected chi connectivity index (χ4v) is 4.95. The zero-order valence-corrected chi connectivity index (χ0v) is 22.2. The lowest BCUT2D eigenvalue weighted by Crippen LogP contribution is -2.49. The van der Waals surface area contributed by atoms with Gasteiger partial charge in [0.05, 0.1) is 35.1 Å². The predicted octanol–water partition coefficient (Wildman–Crippen LogP) is 4.93. The van der Waals surface area contributed by atoms with Crippen molar-refractivity contribution in [3.05, 3.63) is 52.1 Å². The van der Waals surface area contributed by atoms with Gasteiger partial charge in [-0.25, -0.2) is 4.79 Å². The van der Waals surface area contributed by atoms with Crippen molar-refractivity contribution in [2.75, 3.05) is 26.3 Å². The van der Waals surface area contributed by atoms with Gasteiger partial charge >= 0.3 is 5.97 Å². The highest BCUT2D eigenvalue weighted by atomic mass is 35.5. The molecule has 0 radical (unpaired) electrons. The number of amides is 1. The summed E-state index contributed by atoms with van der Waals surface area (Å²) < 4.78 is 11.3. The van der Waals surface area contributed by atoms with Crippen molar-refractivity contribution >= 4 is 29.2 Å². The zero-order chi connectivity index (χ0) is 26.4. The molecule has 0 aromatic heterocycles. The van der Waals surface area contributed by atoms with E-state index in [4.69, 9.17) is 25.9 Å². The van der Waals surface area contributed by atoms with Crippen molar-refractivity contribution in [3.8, 4) is 5.75 Å². The van der Waals surface area contributed by atoms with Crippen LogP contribution in [0.1, 0.15) is 73.4 Å². The van der Waals surface area contributed by atoms with E-state index in [1.54, 1.807) is 11.0 Å². The third kappa shape index (κ3) is 7.36. The number of hydrogen-bond acceptors (Lipinski definition) is 7. The molecule has 1 saturated carbocycles. The third-order valence-corrected chi connectivity index (χ3v) is 7.01. The van der Waals surface area contributed by atoms with Crippen LogP contribution in [-0.4, -0.2) is 66.1 Å². The van der Waals surface area contributed by atoms with Gasteiger partial charge < -0.3 is 24.3 Å². The molecular weight excluding hydrogens is 496 g/mol. The molecule has 0 spiro atoms. The van der Waals surface area contributed by atoms with E-state index < -0.39 is 5.97 Å². The summed E-state index contributed by atoms with van der Waals surface area (Å²) in [6.45, 7) is 4.93. The summed E-state index contributed by atoms with van der Waals surface area (Å²) >= 11 is 6.54. The Morgan fingerprint density at radius 2 is 1.86 bits per heavy atom. The Bertz CT molecular complexity index is 1080. The van der Waals surface area contributed by atoms with E-state index in [-0.39, 0.29) is 54.4 Å². The summed E-state index contributed by atoms with van der Waals surface area (Å²) in [5, 5.41) is 14.9. The van der Waals surface area contributed by atoms with Gasteiger partial charge in [-0.15, -0.1) is 0 Å². The first-order valence-electron chi connectivity index (χ1n) is 13.0. The second-order valence-electron chi connectivity index (χ2n) is 9.89. The van der Waals surface area contributed by atoms with Crippen LogP contribution in [0.25, 0.3) is 0 Å². The Morgan fingerprint density at radius 3 is 2.59 bits per heavy atom. The number of carbonyl (C=O) groups excluding carboxylic acids is 2. The first-order chi connectivity index (χ1) is 17.8. The summed E-state index contributed by atoms with van der Waals surface area (Å²) in [6.07, 6.45) is 12.0. The first kappa shape index (κ1) is 27.2. The summed E-state index contributed by atoms with van der Waals surface area (Å²) in [5.74, 6) is -0.517. The van der Waals surface area contributed by atoms with Gasteiger partial charge in [-0.1, -0.05) is 35.0 Å². The summed E-state index contributed by atoms with van der Waals surface area (Å²) in [6, 6.07) is 1.58. The number of hydrogen-bond donors (Lipinski definition) is 1. The average molecular weight is 531 g/mol. The monoisotopic (exact) mass is 530 g/mol. The van der Waals surface area contributed by atoms with E-state index in [9.17, 15) is 14.7 Å². The number of carbonyl (C=O) groups is 2. The number of halogens is 1. The molecule has 2 atom stereocenters. The lowest BCUT2D eigenvalue weighted by atomic mass is 9.93. The van der Waals surface area contributed by atoms with Crippen molar-refractivity contribution in [3.63, 3.8) is 0 Å². The average Bonchev–Trinajstić information content (AvgIpc) is 3.69. The van der Waals surface area contributed by atoms with Gasteiger partial charge in [-0.05, 0) is 75.1 Å². The van der Waals surface area contributed by atoms with Crippen molar-refractivity contribution < 1.29 is 29.0 Å². The standard InChI is InChI=1S/C28H35ClN2O6/c1-18-15-31(16-19(2)37-18)25(33)17-36-30-21-9-7-5-3-4-6-8-12-35-28(34)26-22(20-10-11-20)14-24(32)27(29)23(26)13-21/h4,6-7,9,14,18-20,32H,3,5,8,10-13,15-17H2,1-2H3/b6-4+,9-7+,30-21-. The Balaban J connectivity index is 1.60. The molecule has 3 aliphatic rings. The Morgan fingerprint density at radius 1 is 1.16 bits per heavy atom. The number of rotatable bonds is 4. The van der Waals surface area contributed by atoms with E-state index in [0.29, 0.717) is 36.3 Å². The fourth-order valence-electron chi connectivity index (χ4n) is 4.73. The minimum absolute atomic E-state index is 0.0395. The normalized spacial score (nSPS) is 26.1. The van der Waals surface area contributed by atoms with Gasteiger partial charge in [0.1, 0.15) is 5.75 Å². The second kappa shape index (κ2) is 12.6. The summed E-state index contributed by atoms with van der Waals surface area (Å²) in [5.41, 5.74) is 2.08. The number of allylic oxidation sites excluding steroid dienone is 3. The van der Waals surface area contributed by atoms with E-state index in [1.165, 1.54) is 0 Å². The largest absolute Gasteiger partial charge is 0.506 e. The van der Waals surface area contributed by atoms with E-state index in [0.717, 1.165) is 31.2 Å². The van der Waals surface area contributed by atoms with Gasteiger partial charge in [-0.3, -0.25) is 4.79 Å². The van der Waals surface area contributed by atoms with Crippen LogP contribution < -0.4 is 0 Å². The Labute approximate surface area is 222 Å². The SMILES string of the molecule is CC1CN(C(=O)CO/N=C2/C=C/CC/C=C/CCOC(=O)c3c(C4CC4)cc(O)c(Cl)c3C2)CC(C)O1. The number of nitrogens with zero attached hydrogens (tertiary/aromatic N) is 2. The highest BCUT2D eigenvalue weighted by Gasteiger charge is 2.33. The number of phenols is 1. The Hall–Kier alpha value is -2.84. The number of benzene rings is 1. The van der Waals surface area contributed by atoms with Crippen LogP contribution in [0, 0.1) is 0 Å². The maximum Gasteiger partial charge on any atom is 0.338 e. The minimum Gasteiger partial charge on any atom is -0.506 e. The number of cyclic esters (lactones) is 1. The first-order valence-corrected chi connectivity index (χ1v) is 13.4. The van der Waals surface area contributed by atoms with Crippen LogP contribution in [0.2, 0.25) is 5.02 Å². The molecule has 1 saturated heterocycles. The van der Waals surface area contributed by atoms with Crippen LogP contribution in [0.3, 0.4) is 0 Å². The number of ether oxygens (including phenoxy) is 2. The molecule has 4 rings (SSSR count).